The Morgan fingerprint density at radius 2 is 2.17 bits per heavy atom. The summed E-state index contributed by atoms with van der Waals surface area (Å²) >= 11 is 0. The van der Waals surface area contributed by atoms with Crippen LogP contribution >= 0.6 is 0 Å². The lowest BCUT2D eigenvalue weighted by Crippen LogP contribution is -2.26. The van der Waals surface area contributed by atoms with Crippen LogP contribution in [0, 0.1) is 6.92 Å². The van der Waals surface area contributed by atoms with Crippen molar-refractivity contribution in [3.8, 4) is 11.3 Å². The van der Waals surface area contributed by atoms with Gasteiger partial charge in [0.1, 0.15) is 0 Å². The molecule has 1 aromatic heterocycles. The smallest absolute Gasteiger partial charge is 0.291 e. The molecule has 0 aliphatic carbocycles. The predicted molar refractivity (Wildman–Crippen MR) is 86.9 cm³/mol. The van der Waals surface area contributed by atoms with E-state index in [4.69, 9.17) is 5.73 Å². The molecule has 3 rings (SSSR count). The van der Waals surface area contributed by atoms with Gasteiger partial charge in [-0.15, -0.1) is 0 Å². The molecule has 1 aromatic carbocycles. The summed E-state index contributed by atoms with van der Waals surface area (Å²) < 4.78 is 1.92. The molecular weight excluding hydrogens is 292 g/mol. The molecule has 2 N–H and O–H groups in total. The Hall–Kier alpha value is -2.63. The Labute approximate surface area is 134 Å². The fourth-order valence-electron chi connectivity index (χ4n) is 2.96. The summed E-state index contributed by atoms with van der Waals surface area (Å²) in [5, 5.41) is 0. The van der Waals surface area contributed by atoms with E-state index in [1.807, 2.05) is 22.5 Å². The zero-order valence-electron chi connectivity index (χ0n) is 13.4. The van der Waals surface area contributed by atoms with E-state index in [2.05, 4.69) is 11.9 Å². The number of fused-ring (bicyclic) bond motifs is 1. The molecule has 120 valence electrons. The normalized spacial score (nSPS) is 13.5. The zero-order chi connectivity index (χ0) is 16.6. The van der Waals surface area contributed by atoms with Gasteiger partial charge < -0.3 is 15.2 Å². The number of nitrogens with zero attached hydrogens (tertiary/aromatic N) is 3. The number of rotatable bonds is 5. The molecule has 0 saturated heterocycles. The topological polar surface area (TPSA) is 81.2 Å². The van der Waals surface area contributed by atoms with E-state index in [0.29, 0.717) is 18.1 Å². The average molecular weight is 312 g/mol. The molecule has 0 unspecified atom stereocenters. The third-order valence-electron chi connectivity index (χ3n) is 4.13. The van der Waals surface area contributed by atoms with Gasteiger partial charge in [-0.05, 0) is 25.5 Å². The van der Waals surface area contributed by atoms with Crippen molar-refractivity contribution >= 4 is 11.8 Å². The molecule has 1 aliphatic rings. The van der Waals surface area contributed by atoms with Crippen LogP contribution in [0.2, 0.25) is 0 Å². The van der Waals surface area contributed by atoms with Crippen LogP contribution < -0.4 is 5.73 Å². The fourth-order valence-corrected chi connectivity index (χ4v) is 2.96. The van der Waals surface area contributed by atoms with Crippen LogP contribution in [0.25, 0.3) is 11.3 Å². The number of hydrogen-bond donors (Lipinski definition) is 1. The first-order chi connectivity index (χ1) is 11.0. The Morgan fingerprint density at radius 3 is 2.87 bits per heavy atom. The molecule has 0 bridgehead atoms. The van der Waals surface area contributed by atoms with Gasteiger partial charge in [-0.1, -0.05) is 25.5 Å². The summed E-state index contributed by atoms with van der Waals surface area (Å²) in [6.07, 6.45) is 2.01. The zero-order valence-corrected chi connectivity index (χ0v) is 13.4. The largest absolute Gasteiger partial charge is 0.366 e. The van der Waals surface area contributed by atoms with E-state index in [9.17, 15) is 9.59 Å². The molecule has 2 heterocycles. The molecular formula is C17H20N4O2. The summed E-state index contributed by atoms with van der Waals surface area (Å²) in [7, 11) is 0. The van der Waals surface area contributed by atoms with E-state index >= 15 is 0 Å². The summed E-state index contributed by atoms with van der Waals surface area (Å²) in [5.41, 5.74) is 8.31. The van der Waals surface area contributed by atoms with Gasteiger partial charge in [0, 0.05) is 17.7 Å². The SMILES string of the molecule is CCCCN1Cn2c(nc(C)c2-c2cccc(C(N)=O)c2)C1=O. The Bertz CT molecular complexity index is 779. The van der Waals surface area contributed by atoms with Crippen molar-refractivity contribution in [1.29, 1.82) is 0 Å². The van der Waals surface area contributed by atoms with Crippen LogP contribution in [0.1, 0.15) is 46.4 Å². The van der Waals surface area contributed by atoms with Crippen LogP contribution in [-0.4, -0.2) is 32.8 Å². The number of unbranched alkanes of at least 4 members (excludes halogenated alkanes) is 1. The van der Waals surface area contributed by atoms with Crippen molar-refractivity contribution in [3.63, 3.8) is 0 Å². The standard InChI is InChI=1S/C17H20N4O2/c1-3-4-8-20-10-21-14(11(2)19-16(21)17(20)23)12-6-5-7-13(9-12)15(18)22/h5-7,9H,3-4,8,10H2,1-2H3,(H2,18,22). The van der Waals surface area contributed by atoms with Crippen molar-refractivity contribution in [1.82, 2.24) is 14.5 Å². The molecule has 6 nitrogen and oxygen atoms in total. The lowest BCUT2D eigenvalue weighted by atomic mass is 10.1. The molecule has 0 fully saturated rings. The predicted octanol–water partition coefficient (Wildman–Crippen LogP) is 2.17. The van der Waals surface area contributed by atoms with Gasteiger partial charge in [0.2, 0.25) is 11.7 Å². The maximum absolute atomic E-state index is 12.4. The number of imidazole rings is 1. The van der Waals surface area contributed by atoms with Gasteiger partial charge >= 0.3 is 0 Å². The second kappa shape index (κ2) is 5.87. The highest BCUT2D eigenvalue weighted by Gasteiger charge is 2.32. The van der Waals surface area contributed by atoms with Gasteiger partial charge in [0.15, 0.2) is 0 Å². The van der Waals surface area contributed by atoms with Crippen molar-refractivity contribution < 1.29 is 9.59 Å². The molecule has 23 heavy (non-hydrogen) atoms. The van der Waals surface area contributed by atoms with Crippen molar-refractivity contribution in [2.45, 2.75) is 33.4 Å². The molecule has 2 amide bonds. The van der Waals surface area contributed by atoms with Gasteiger partial charge in [0.25, 0.3) is 5.91 Å². The number of carbonyl (C=O) groups excluding carboxylic acids is 2. The number of aromatic nitrogens is 2. The highest BCUT2D eigenvalue weighted by Crippen LogP contribution is 2.29. The van der Waals surface area contributed by atoms with Crippen LogP contribution in [0.15, 0.2) is 24.3 Å². The lowest BCUT2D eigenvalue weighted by molar-refractivity contribution is 0.0763. The van der Waals surface area contributed by atoms with Crippen molar-refractivity contribution in [3.05, 3.63) is 41.3 Å². The van der Waals surface area contributed by atoms with Crippen molar-refractivity contribution in [2.24, 2.45) is 5.73 Å². The third kappa shape index (κ3) is 2.60. The minimum atomic E-state index is -0.466. The first-order valence-electron chi connectivity index (χ1n) is 7.79. The van der Waals surface area contributed by atoms with Crippen LogP contribution in [0.3, 0.4) is 0 Å². The Morgan fingerprint density at radius 1 is 1.39 bits per heavy atom. The van der Waals surface area contributed by atoms with Crippen molar-refractivity contribution in [2.75, 3.05) is 6.54 Å². The van der Waals surface area contributed by atoms with Crippen LogP contribution in [0.5, 0.6) is 0 Å². The van der Waals surface area contributed by atoms with Gasteiger partial charge in [0.05, 0.1) is 18.1 Å². The van der Waals surface area contributed by atoms with E-state index in [1.54, 1.807) is 18.2 Å². The number of aryl methyl sites for hydroxylation is 1. The number of nitrogens with two attached hydrogens (primary N) is 1. The van der Waals surface area contributed by atoms with E-state index in [0.717, 1.165) is 36.3 Å². The maximum Gasteiger partial charge on any atom is 0.291 e. The number of primary amides is 1. The van der Waals surface area contributed by atoms with E-state index in [1.165, 1.54) is 0 Å². The van der Waals surface area contributed by atoms with Gasteiger partial charge in [-0.25, -0.2) is 4.98 Å². The van der Waals surface area contributed by atoms with E-state index in [-0.39, 0.29) is 5.91 Å². The summed E-state index contributed by atoms with van der Waals surface area (Å²) in [6, 6.07) is 7.13. The number of benzene rings is 1. The van der Waals surface area contributed by atoms with E-state index < -0.39 is 5.91 Å². The molecule has 2 aromatic rings. The molecule has 0 radical (unpaired) electrons. The number of amides is 2. The van der Waals surface area contributed by atoms with Gasteiger partial charge in [-0.3, -0.25) is 9.59 Å². The maximum atomic E-state index is 12.4. The third-order valence-corrected chi connectivity index (χ3v) is 4.13. The summed E-state index contributed by atoms with van der Waals surface area (Å²) in [5.74, 6) is -0.0248. The number of carbonyl (C=O) groups is 2. The Kier molecular flexibility index (Phi) is 3.90. The minimum Gasteiger partial charge on any atom is -0.366 e. The highest BCUT2D eigenvalue weighted by atomic mass is 16.2. The molecule has 1 aliphatic heterocycles. The molecule has 0 spiro atoms. The minimum absolute atomic E-state index is 0.0288. The molecule has 6 heteroatoms. The van der Waals surface area contributed by atoms with Crippen LogP contribution in [0.4, 0.5) is 0 Å². The fraction of sp³-hybridized carbons (Fsp3) is 0.353. The Balaban J connectivity index is 2.01. The first-order valence-corrected chi connectivity index (χ1v) is 7.79. The lowest BCUT2D eigenvalue weighted by Gasteiger charge is -2.15. The van der Waals surface area contributed by atoms with Gasteiger partial charge in [-0.2, -0.15) is 0 Å². The quantitative estimate of drug-likeness (QED) is 0.918. The molecule has 0 saturated carbocycles. The molecule has 0 atom stereocenters. The van der Waals surface area contributed by atoms with Crippen LogP contribution in [-0.2, 0) is 6.67 Å². The highest BCUT2D eigenvalue weighted by molar-refractivity contribution is 5.95. The summed E-state index contributed by atoms with van der Waals surface area (Å²) in [4.78, 5) is 30.1. The number of hydrogen-bond acceptors (Lipinski definition) is 3. The second-order valence-corrected chi connectivity index (χ2v) is 5.81. The first kappa shape index (κ1) is 15.3. The monoisotopic (exact) mass is 312 g/mol. The summed E-state index contributed by atoms with van der Waals surface area (Å²) in [6.45, 7) is 5.22. The average Bonchev–Trinajstić information content (AvgIpc) is 3.01. The second-order valence-electron chi connectivity index (χ2n) is 5.81.